The van der Waals surface area contributed by atoms with Crippen molar-refractivity contribution in [2.75, 3.05) is 11.9 Å². The Morgan fingerprint density at radius 1 is 1.14 bits per heavy atom. The van der Waals surface area contributed by atoms with Gasteiger partial charge < -0.3 is 14.8 Å². The van der Waals surface area contributed by atoms with Crippen molar-refractivity contribution in [1.29, 1.82) is 0 Å². The Hall–Kier alpha value is -3.63. The summed E-state index contributed by atoms with van der Waals surface area (Å²) >= 11 is 0. The molecule has 0 saturated carbocycles. The highest BCUT2D eigenvalue weighted by molar-refractivity contribution is 5.96. The number of esters is 1. The molecule has 148 valence electrons. The summed E-state index contributed by atoms with van der Waals surface area (Å²) in [6, 6.07) is 8.07. The van der Waals surface area contributed by atoms with Gasteiger partial charge in [0.05, 0.1) is 10.5 Å². The molecule has 0 atom stereocenters. The number of nitrogens with one attached hydrogen (secondary N) is 1. The summed E-state index contributed by atoms with van der Waals surface area (Å²) in [4.78, 5) is 34.0. The van der Waals surface area contributed by atoms with Crippen LogP contribution in [0, 0.1) is 17.0 Å². The van der Waals surface area contributed by atoms with Gasteiger partial charge in [0, 0.05) is 6.07 Å². The summed E-state index contributed by atoms with van der Waals surface area (Å²) < 4.78 is 44.7. The molecule has 0 fully saturated rings. The predicted molar refractivity (Wildman–Crippen MR) is 89.9 cm³/mol. The molecule has 0 bridgehead atoms. The Morgan fingerprint density at radius 3 is 2.36 bits per heavy atom. The molecule has 0 aromatic heterocycles. The zero-order valence-corrected chi connectivity index (χ0v) is 14.3. The Morgan fingerprint density at radius 2 is 1.79 bits per heavy atom. The lowest BCUT2D eigenvalue weighted by Gasteiger charge is -2.09. The van der Waals surface area contributed by atoms with E-state index in [0.717, 1.165) is 24.3 Å². The van der Waals surface area contributed by atoms with Crippen LogP contribution in [0.15, 0.2) is 42.5 Å². The molecular weight excluding hydrogens is 385 g/mol. The van der Waals surface area contributed by atoms with Gasteiger partial charge in [0.25, 0.3) is 11.6 Å². The summed E-state index contributed by atoms with van der Waals surface area (Å²) in [6.45, 7) is 0.899. The molecule has 11 heteroatoms. The average molecular weight is 398 g/mol. The number of benzene rings is 2. The van der Waals surface area contributed by atoms with Gasteiger partial charge in [-0.3, -0.25) is 14.9 Å². The fourth-order valence-electron chi connectivity index (χ4n) is 2.09. The van der Waals surface area contributed by atoms with Crippen LogP contribution in [0.1, 0.15) is 15.9 Å². The summed E-state index contributed by atoms with van der Waals surface area (Å²) in [6.07, 6.45) is -4.86. The Labute approximate surface area is 156 Å². The number of anilines is 1. The normalized spacial score (nSPS) is 10.9. The standard InChI is InChI=1S/C17H13F3N2O6/c1-10-2-7-13(14(8-10)22(25)26)21-15(23)9-27-16(24)11-3-5-12(6-4-11)28-17(18,19)20/h2-8H,9H2,1H3,(H,21,23). The van der Waals surface area contributed by atoms with E-state index in [0.29, 0.717) is 5.56 Å². The maximum Gasteiger partial charge on any atom is 0.573 e. The van der Waals surface area contributed by atoms with E-state index in [2.05, 4.69) is 10.1 Å². The molecule has 2 rings (SSSR count). The lowest BCUT2D eigenvalue weighted by Crippen LogP contribution is -2.21. The topological polar surface area (TPSA) is 108 Å². The van der Waals surface area contributed by atoms with Crippen LogP contribution >= 0.6 is 0 Å². The number of carbonyl (C=O) groups is 2. The second-order valence-corrected chi connectivity index (χ2v) is 5.47. The van der Waals surface area contributed by atoms with Crippen LogP contribution in [0.4, 0.5) is 24.5 Å². The molecule has 0 aliphatic heterocycles. The molecule has 28 heavy (non-hydrogen) atoms. The van der Waals surface area contributed by atoms with E-state index in [-0.39, 0.29) is 16.9 Å². The van der Waals surface area contributed by atoms with Gasteiger partial charge in [0.15, 0.2) is 6.61 Å². The highest BCUT2D eigenvalue weighted by atomic mass is 19.4. The Kier molecular flexibility index (Phi) is 6.18. The predicted octanol–water partition coefficient (Wildman–Crippen LogP) is 3.60. The maximum atomic E-state index is 12.1. The second-order valence-electron chi connectivity index (χ2n) is 5.47. The van der Waals surface area contributed by atoms with Crippen LogP contribution in [0.3, 0.4) is 0 Å². The smallest absolute Gasteiger partial charge is 0.452 e. The summed E-state index contributed by atoms with van der Waals surface area (Å²) in [5.74, 6) is -2.31. The number of alkyl halides is 3. The van der Waals surface area contributed by atoms with Crippen molar-refractivity contribution in [1.82, 2.24) is 0 Å². The fourth-order valence-corrected chi connectivity index (χ4v) is 2.09. The number of amides is 1. The first-order valence-corrected chi connectivity index (χ1v) is 7.63. The molecule has 2 aromatic rings. The molecule has 0 aliphatic rings. The number of nitro groups is 1. The van der Waals surface area contributed by atoms with Crippen molar-refractivity contribution < 1.29 is 37.2 Å². The minimum absolute atomic E-state index is 0.0645. The van der Waals surface area contributed by atoms with Crippen molar-refractivity contribution in [3.05, 3.63) is 63.7 Å². The van der Waals surface area contributed by atoms with Crippen molar-refractivity contribution in [3.8, 4) is 5.75 Å². The lowest BCUT2D eigenvalue weighted by molar-refractivity contribution is -0.384. The zero-order chi connectivity index (χ0) is 20.9. The molecule has 0 aliphatic carbocycles. The molecule has 0 saturated heterocycles. The van der Waals surface area contributed by atoms with E-state index in [4.69, 9.17) is 4.74 Å². The van der Waals surface area contributed by atoms with Crippen LogP contribution in [0.25, 0.3) is 0 Å². The molecule has 1 N–H and O–H groups in total. The first-order valence-electron chi connectivity index (χ1n) is 7.63. The van der Waals surface area contributed by atoms with Crippen LogP contribution < -0.4 is 10.1 Å². The van der Waals surface area contributed by atoms with E-state index in [1.165, 1.54) is 12.1 Å². The van der Waals surface area contributed by atoms with E-state index in [9.17, 15) is 32.9 Å². The van der Waals surface area contributed by atoms with Crippen molar-refractivity contribution in [2.45, 2.75) is 13.3 Å². The van der Waals surface area contributed by atoms with Gasteiger partial charge in [-0.15, -0.1) is 13.2 Å². The van der Waals surface area contributed by atoms with Crippen molar-refractivity contribution in [3.63, 3.8) is 0 Å². The maximum absolute atomic E-state index is 12.1. The second kappa shape index (κ2) is 8.37. The van der Waals surface area contributed by atoms with Gasteiger partial charge in [0.1, 0.15) is 11.4 Å². The minimum atomic E-state index is -4.86. The van der Waals surface area contributed by atoms with Crippen LogP contribution in [0.5, 0.6) is 5.75 Å². The van der Waals surface area contributed by atoms with Crippen molar-refractivity contribution >= 4 is 23.3 Å². The summed E-state index contributed by atoms with van der Waals surface area (Å²) in [5, 5.41) is 13.3. The Balaban J connectivity index is 1.94. The van der Waals surface area contributed by atoms with Gasteiger partial charge in [-0.25, -0.2) is 4.79 Å². The SMILES string of the molecule is Cc1ccc(NC(=O)COC(=O)c2ccc(OC(F)(F)F)cc2)c([N+](=O)[O-])c1. The summed E-state index contributed by atoms with van der Waals surface area (Å²) in [5.41, 5.74) is 0.128. The first-order chi connectivity index (χ1) is 13.0. The van der Waals surface area contributed by atoms with E-state index < -0.39 is 35.5 Å². The molecule has 0 radical (unpaired) electrons. The first kappa shape index (κ1) is 20.7. The van der Waals surface area contributed by atoms with Crippen LogP contribution in [0.2, 0.25) is 0 Å². The van der Waals surface area contributed by atoms with Gasteiger partial charge in [-0.05, 0) is 42.8 Å². The van der Waals surface area contributed by atoms with Crippen LogP contribution in [-0.4, -0.2) is 29.8 Å². The molecular formula is C17H13F3N2O6. The number of carbonyl (C=O) groups excluding carboxylic acids is 2. The number of rotatable bonds is 6. The van der Waals surface area contributed by atoms with Crippen molar-refractivity contribution in [2.24, 2.45) is 0 Å². The van der Waals surface area contributed by atoms with E-state index in [1.54, 1.807) is 13.0 Å². The monoisotopic (exact) mass is 398 g/mol. The van der Waals surface area contributed by atoms with Gasteiger partial charge in [0.2, 0.25) is 0 Å². The number of hydrogen-bond donors (Lipinski definition) is 1. The highest BCUT2D eigenvalue weighted by Crippen LogP contribution is 2.25. The third-order valence-corrected chi connectivity index (χ3v) is 3.28. The Bertz CT molecular complexity index is 897. The van der Waals surface area contributed by atoms with Gasteiger partial charge >= 0.3 is 12.3 Å². The largest absolute Gasteiger partial charge is 0.573 e. The quantitative estimate of drug-likeness (QED) is 0.453. The molecule has 1 amide bonds. The molecule has 0 unspecified atom stereocenters. The third-order valence-electron chi connectivity index (χ3n) is 3.28. The van der Waals surface area contributed by atoms with Crippen LogP contribution in [-0.2, 0) is 9.53 Å². The molecule has 8 nitrogen and oxygen atoms in total. The van der Waals surface area contributed by atoms with E-state index >= 15 is 0 Å². The number of ether oxygens (including phenoxy) is 2. The molecule has 0 spiro atoms. The van der Waals surface area contributed by atoms with E-state index in [1.807, 2.05) is 0 Å². The number of halogens is 3. The number of nitrogens with zero attached hydrogens (tertiary/aromatic N) is 1. The third kappa shape index (κ3) is 5.97. The number of aryl methyl sites for hydroxylation is 1. The zero-order valence-electron chi connectivity index (χ0n) is 14.3. The molecule has 0 heterocycles. The van der Waals surface area contributed by atoms with Gasteiger partial charge in [-0.1, -0.05) is 6.07 Å². The fraction of sp³-hybridized carbons (Fsp3) is 0.176. The lowest BCUT2D eigenvalue weighted by atomic mass is 10.2. The van der Waals surface area contributed by atoms with Gasteiger partial charge in [-0.2, -0.15) is 0 Å². The minimum Gasteiger partial charge on any atom is -0.452 e. The summed E-state index contributed by atoms with van der Waals surface area (Å²) in [7, 11) is 0. The number of hydrogen-bond acceptors (Lipinski definition) is 6. The highest BCUT2D eigenvalue weighted by Gasteiger charge is 2.31. The average Bonchev–Trinajstić information content (AvgIpc) is 2.60. The molecule has 2 aromatic carbocycles. The number of nitro benzene ring substituents is 1.